The molecular weight excluding hydrogens is 1160 g/mol. The summed E-state index contributed by atoms with van der Waals surface area (Å²) in [5, 5.41) is 9.48. The van der Waals surface area contributed by atoms with Gasteiger partial charge in [-0.05, 0) is 147 Å². The molecule has 0 atom stereocenters. The van der Waals surface area contributed by atoms with Gasteiger partial charge < -0.3 is 14.0 Å². The van der Waals surface area contributed by atoms with Crippen molar-refractivity contribution in [3.63, 3.8) is 0 Å². The average Bonchev–Trinajstić information content (AvgIpc) is 1.56. The molecule has 95 heavy (non-hydrogen) atoms. The van der Waals surface area contributed by atoms with Crippen LogP contribution in [0.15, 0.2) is 236 Å². The number of benzene rings is 11. The molecule has 5 aromatic heterocycles. The summed E-state index contributed by atoms with van der Waals surface area (Å²) in [6, 6.07) is 86.5. The van der Waals surface area contributed by atoms with Gasteiger partial charge in [-0.25, -0.2) is 0 Å². The van der Waals surface area contributed by atoms with Gasteiger partial charge in [0.1, 0.15) is 0 Å². The molecule has 11 aromatic carbocycles. The number of hydrogen-bond donors (Lipinski definition) is 0. The molecule has 0 saturated carbocycles. The summed E-state index contributed by atoms with van der Waals surface area (Å²) in [5.74, 6) is 1.68. The molecule has 8 nitrogen and oxygen atoms in total. The predicted molar refractivity (Wildman–Crippen MR) is 397 cm³/mol. The van der Waals surface area contributed by atoms with Gasteiger partial charge in [0.05, 0.1) is 38.6 Å². The molecule has 0 fully saturated rings. The van der Waals surface area contributed by atoms with Gasteiger partial charge in [0.2, 0.25) is 18.6 Å². The molecule has 0 unspecified atom stereocenters. The van der Waals surface area contributed by atoms with Gasteiger partial charge in [-0.3, -0.25) is 9.13 Å². The second-order valence-corrected chi connectivity index (χ2v) is 30.2. The first-order valence-electron chi connectivity index (χ1n) is 33.8. The van der Waals surface area contributed by atoms with Crippen molar-refractivity contribution in [2.75, 3.05) is 4.90 Å². The maximum atomic E-state index is 5.87. The monoisotopic (exact) mass is 1220 g/mol. The van der Waals surface area contributed by atoms with E-state index in [1.54, 1.807) is 0 Å². The van der Waals surface area contributed by atoms with Gasteiger partial charge >= 0.3 is 0 Å². The third-order valence-electron chi connectivity index (χ3n) is 22.6. The van der Waals surface area contributed by atoms with Gasteiger partial charge in [0.25, 0.3) is 0 Å². The fourth-order valence-electron chi connectivity index (χ4n) is 17.9. The highest BCUT2D eigenvalue weighted by molar-refractivity contribution is 6.96. The molecule has 7 heterocycles. The van der Waals surface area contributed by atoms with Gasteiger partial charge in [-0.1, -0.05) is 213 Å². The smallest absolute Gasteiger partial charge is 0.248 e. The van der Waals surface area contributed by atoms with Crippen LogP contribution in [-0.4, -0.2) is 39.9 Å². The van der Waals surface area contributed by atoms with E-state index in [1.807, 2.05) is 0 Å². The van der Waals surface area contributed by atoms with Crippen LogP contribution in [0, 0.1) is 0 Å². The van der Waals surface area contributed by atoms with Crippen molar-refractivity contribution in [3.8, 4) is 34.7 Å². The van der Waals surface area contributed by atoms with Crippen LogP contribution in [0.25, 0.3) is 128 Å². The molecule has 4 aliphatic rings. The van der Waals surface area contributed by atoms with Crippen LogP contribution in [0.4, 0.5) is 11.4 Å². The summed E-state index contributed by atoms with van der Waals surface area (Å²) in [5.41, 5.74) is 25.9. The van der Waals surface area contributed by atoms with Crippen LogP contribution >= 0.6 is 0 Å². The Hall–Kier alpha value is -10.8. The zero-order valence-corrected chi connectivity index (χ0v) is 55.0. The Kier molecular flexibility index (Phi) is 10.8. The van der Waals surface area contributed by atoms with Crippen LogP contribution in [0.3, 0.4) is 0 Å². The number of aromatic nitrogens is 7. The maximum Gasteiger partial charge on any atom is 0.248 e. The summed E-state index contributed by atoms with van der Waals surface area (Å²) in [7, 11) is 0. The normalized spacial score (nSPS) is 15.9. The van der Waals surface area contributed by atoms with Crippen molar-refractivity contribution in [2.24, 2.45) is 0 Å². The number of hydrogen-bond acceptors (Lipinski definition) is 4. The minimum absolute atomic E-state index is 0.0203. The summed E-state index contributed by atoms with van der Waals surface area (Å²) in [4.78, 5) is 20.1. The molecule has 0 amide bonds. The minimum Gasteiger partial charge on any atom is -0.311 e. The van der Waals surface area contributed by atoms with Crippen LogP contribution in [-0.2, 0) is 21.7 Å². The molecule has 0 bridgehead atoms. The molecule has 0 spiro atoms. The zero-order chi connectivity index (χ0) is 63.9. The van der Waals surface area contributed by atoms with Crippen molar-refractivity contribution in [2.45, 2.75) is 96.8 Å². The standard InChI is InChI=1S/C86H69BN8/c1-83(2,3)51-38-40-63-62(46-51)78-79(86(63,8)9)87-66-32-23-31-59-61-48-60-58-30-17-18-33-67(58)91(52-24-11-10-12-25-52)72(60)49-73(61)93(77(59)66)75-45-50(44-74(76(75)87)92(78)53-39-41-64-65(47-53)85(6,7)43-42-84(64,4)5)80-88-81(94-68-34-19-13-26-54(68)55-27-14-20-35-69(55)94)90-82(89-80)95-70-36-21-15-28-56(70)57-29-16-22-37-71(57)95/h10-41,44-49H,42-43H2,1-9H3. The van der Waals surface area contributed by atoms with E-state index >= 15 is 0 Å². The lowest BCUT2D eigenvalue weighted by Crippen LogP contribution is -2.56. The van der Waals surface area contributed by atoms with E-state index in [9.17, 15) is 0 Å². The topological polar surface area (TPSA) is 61.6 Å². The second-order valence-electron chi connectivity index (χ2n) is 30.2. The Balaban J connectivity index is 0.965. The number of anilines is 2. The molecule has 2 aliphatic carbocycles. The van der Waals surface area contributed by atoms with Crippen molar-refractivity contribution in [1.82, 2.24) is 33.2 Å². The molecule has 0 saturated heterocycles. The van der Waals surface area contributed by atoms with Crippen molar-refractivity contribution >= 4 is 122 Å². The second kappa shape index (κ2) is 18.8. The van der Waals surface area contributed by atoms with Gasteiger partial charge in [-0.15, -0.1) is 0 Å². The SMILES string of the molecule is CC(C)(C)c1ccc2c(c1)C1=C(B3c4c(cc(-c5nc(-n6c7ccccc7c7ccccc76)nc(-n6c7ccccc7c7ccccc76)n5)cc4-n4c5cc6c(cc5c5cccc3c54)c3ccccc3n6-c3ccccc3)N1c1ccc3c(c1)C(C)(C)CCC3(C)C)C2(C)C. The fourth-order valence-corrected chi connectivity index (χ4v) is 17.9. The Morgan fingerprint density at radius 3 is 1.49 bits per heavy atom. The lowest BCUT2D eigenvalue weighted by atomic mass is 9.30. The molecule has 20 rings (SSSR count). The third-order valence-corrected chi connectivity index (χ3v) is 22.6. The number of allylic oxidation sites excluding steroid dienone is 1. The Morgan fingerprint density at radius 1 is 0.389 bits per heavy atom. The molecule has 16 aromatic rings. The van der Waals surface area contributed by atoms with Crippen LogP contribution in [0.1, 0.15) is 103 Å². The Bertz CT molecular complexity index is 5900. The first-order chi connectivity index (χ1) is 46.0. The van der Waals surface area contributed by atoms with Crippen LogP contribution in [0.5, 0.6) is 0 Å². The maximum absolute atomic E-state index is 5.87. The summed E-state index contributed by atoms with van der Waals surface area (Å²) >= 11 is 0. The van der Waals surface area contributed by atoms with Gasteiger partial charge in [-0.2, -0.15) is 15.0 Å². The molecule has 0 N–H and O–H groups in total. The zero-order valence-electron chi connectivity index (χ0n) is 55.0. The molecular formula is C86H69BN8. The van der Waals surface area contributed by atoms with Gasteiger partial charge in [0.15, 0.2) is 5.82 Å². The average molecular weight is 1230 g/mol. The van der Waals surface area contributed by atoms with Crippen LogP contribution < -0.4 is 15.8 Å². The number of nitrogens with zero attached hydrogens (tertiary/aromatic N) is 8. The minimum atomic E-state index is -0.382. The van der Waals surface area contributed by atoms with Crippen molar-refractivity contribution in [3.05, 3.63) is 264 Å². The largest absolute Gasteiger partial charge is 0.311 e. The van der Waals surface area contributed by atoms with E-state index < -0.39 is 0 Å². The Morgan fingerprint density at radius 2 is 0.895 bits per heavy atom. The quantitative estimate of drug-likeness (QED) is 0.161. The van der Waals surface area contributed by atoms with Crippen molar-refractivity contribution in [1.29, 1.82) is 0 Å². The van der Waals surface area contributed by atoms with E-state index in [0.717, 1.165) is 95.8 Å². The van der Waals surface area contributed by atoms with E-state index in [2.05, 4.69) is 316 Å². The van der Waals surface area contributed by atoms with Crippen LogP contribution in [0.2, 0.25) is 0 Å². The fraction of sp³-hybridized carbons (Fsp3) is 0.174. The van der Waals surface area contributed by atoms with E-state index in [1.165, 1.54) is 82.5 Å². The highest BCUT2D eigenvalue weighted by Crippen LogP contribution is 2.58. The number of para-hydroxylation sites is 7. The highest BCUT2D eigenvalue weighted by atomic mass is 15.3. The lowest BCUT2D eigenvalue weighted by molar-refractivity contribution is 0.332. The highest BCUT2D eigenvalue weighted by Gasteiger charge is 2.53. The predicted octanol–water partition coefficient (Wildman–Crippen LogP) is 19.9. The van der Waals surface area contributed by atoms with E-state index in [0.29, 0.717) is 17.7 Å². The van der Waals surface area contributed by atoms with E-state index in [4.69, 9.17) is 15.0 Å². The molecule has 2 aliphatic heterocycles. The Labute approximate surface area is 552 Å². The number of fused-ring (bicyclic) bond motifs is 18. The lowest BCUT2D eigenvalue weighted by Gasteiger charge is -2.45. The molecule has 456 valence electrons. The third kappa shape index (κ3) is 7.36. The summed E-state index contributed by atoms with van der Waals surface area (Å²) in [6.45, 7) is 21.8. The molecule has 9 heteroatoms. The number of rotatable bonds is 5. The van der Waals surface area contributed by atoms with E-state index in [-0.39, 0.29) is 28.4 Å². The van der Waals surface area contributed by atoms with Gasteiger partial charge in [0, 0.05) is 93.6 Å². The molecule has 0 radical (unpaired) electrons. The summed E-state index contributed by atoms with van der Waals surface area (Å²) < 4.78 is 9.62. The summed E-state index contributed by atoms with van der Waals surface area (Å²) in [6.07, 6.45) is 2.24. The first kappa shape index (κ1) is 54.8. The van der Waals surface area contributed by atoms with Crippen molar-refractivity contribution < 1.29 is 0 Å². The first-order valence-corrected chi connectivity index (χ1v) is 33.8.